The molecule has 1 atom stereocenters. The number of aromatic hydroxyl groups is 1. The maximum absolute atomic E-state index is 12.2. The number of carbonyl (C=O) groups is 2. The summed E-state index contributed by atoms with van der Waals surface area (Å²) in [6.07, 6.45) is -1.00. The Labute approximate surface area is 148 Å². The van der Waals surface area contributed by atoms with Gasteiger partial charge in [-0.15, -0.1) is 0 Å². The lowest BCUT2D eigenvalue weighted by atomic mass is 10.1. The SMILES string of the molecule is Cc1ccc(C)c(NC(=O)C(C)OC(=O)c2cc(Br)ccc2O)c1. The number of amides is 1. The number of rotatable bonds is 4. The molecule has 2 N–H and O–H groups in total. The fraction of sp³-hybridized carbons (Fsp3) is 0.222. The van der Waals surface area contributed by atoms with Crippen LogP contribution in [0.15, 0.2) is 40.9 Å². The highest BCUT2D eigenvalue weighted by molar-refractivity contribution is 9.10. The summed E-state index contributed by atoms with van der Waals surface area (Å²) in [5, 5.41) is 12.5. The third-order valence-corrected chi connectivity index (χ3v) is 3.98. The molecule has 24 heavy (non-hydrogen) atoms. The molecule has 0 aliphatic carbocycles. The normalized spacial score (nSPS) is 11.7. The van der Waals surface area contributed by atoms with Gasteiger partial charge in [-0.25, -0.2) is 4.79 Å². The molecule has 0 aliphatic rings. The summed E-state index contributed by atoms with van der Waals surface area (Å²) in [7, 11) is 0. The van der Waals surface area contributed by atoms with E-state index >= 15 is 0 Å². The first-order valence-corrected chi connectivity index (χ1v) is 8.15. The Morgan fingerprint density at radius 3 is 2.58 bits per heavy atom. The standard InChI is InChI=1S/C18H18BrNO4/c1-10-4-5-11(2)15(8-10)20-17(22)12(3)24-18(23)14-9-13(19)6-7-16(14)21/h4-9,12,21H,1-3H3,(H,20,22). The van der Waals surface area contributed by atoms with Gasteiger partial charge in [0.05, 0.1) is 0 Å². The third-order valence-electron chi connectivity index (χ3n) is 3.48. The fourth-order valence-electron chi connectivity index (χ4n) is 2.05. The topological polar surface area (TPSA) is 75.6 Å². The van der Waals surface area contributed by atoms with Crippen LogP contribution in [0.2, 0.25) is 0 Å². The van der Waals surface area contributed by atoms with Gasteiger partial charge in [0.15, 0.2) is 6.10 Å². The second-order valence-corrected chi connectivity index (χ2v) is 6.43. The van der Waals surface area contributed by atoms with Crippen LogP contribution in [-0.2, 0) is 9.53 Å². The molecule has 0 aromatic heterocycles. The van der Waals surface area contributed by atoms with E-state index < -0.39 is 18.0 Å². The molecule has 1 unspecified atom stereocenters. The zero-order valence-corrected chi connectivity index (χ0v) is 15.2. The summed E-state index contributed by atoms with van der Waals surface area (Å²) in [5.74, 6) is -1.41. The molecule has 0 heterocycles. The van der Waals surface area contributed by atoms with E-state index in [1.807, 2.05) is 32.0 Å². The predicted molar refractivity (Wildman–Crippen MR) is 95.2 cm³/mol. The molecule has 0 aliphatic heterocycles. The highest BCUT2D eigenvalue weighted by atomic mass is 79.9. The van der Waals surface area contributed by atoms with Crippen molar-refractivity contribution in [2.75, 3.05) is 5.32 Å². The molecule has 5 nitrogen and oxygen atoms in total. The lowest BCUT2D eigenvalue weighted by Gasteiger charge is -2.15. The predicted octanol–water partition coefficient (Wildman–Crippen LogP) is 3.96. The van der Waals surface area contributed by atoms with Crippen LogP contribution < -0.4 is 5.32 Å². The van der Waals surface area contributed by atoms with E-state index in [0.29, 0.717) is 10.2 Å². The van der Waals surface area contributed by atoms with Crippen LogP contribution in [0.4, 0.5) is 5.69 Å². The Hall–Kier alpha value is -2.34. The molecule has 1 amide bonds. The highest BCUT2D eigenvalue weighted by Crippen LogP contribution is 2.23. The van der Waals surface area contributed by atoms with Crippen molar-refractivity contribution in [3.8, 4) is 5.75 Å². The number of phenolic OH excluding ortho intramolecular Hbond substituents is 1. The van der Waals surface area contributed by atoms with Gasteiger partial charge >= 0.3 is 5.97 Å². The number of halogens is 1. The minimum absolute atomic E-state index is 0.00392. The molecule has 2 aromatic rings. The van der Waals surface area contributed by atoms with Crippen LogP contribution in [-0.4, -0.2) is 23.1 Å². The Bertz CT molecular complexity index is 789. The van der Waals surface area contributed by atoms with Crippen molar-refractivity contribution in [3.05, 3.63) is 57.6 Å². The van der Waals surface area contributed by atoms with Crippen LogP contribution in [0.25, 0.3) is 0 Å². The summed E-state index contributed by atoms with van der Waals surface area (Å²) in [6, 6.07) is 10.1. The van der Waals surface area contributed by atoms with Gasteiger partial charge in [0.2, 0.25) is 0 Å². The molecular formula is C18H18BrNO4. The number of hydrogen-bond donors (Lipinski definition) is 2. The largest absolute Gasteiger partial charge is 0.507 e. The van der Waals surface area contributed by atoms with Crippen molar-refractivity contribution in [1.29, 1.82) is 0 Å². The molecule has 0 bridgehead atoms. The van der Waals surface area contributed by atoms with Gasteiger partial charge in [-0.2, -0.15) is 0 Å². The van der Waals surface area contributed by atoms with Crippen LogP contribution in [0.5, 0.6) is 5.75 Å². The van der Waals surface area contributed by atoms with Gasteiger partial charge in [-0.1, -0.05) is 28.1 Å². The maximum atomic E-state index is 12.2. The van der Waals surface area contributed by atoms with Crippen molar-refractivity contribution in [1.82, 2.24) is 0 Å². The Kier molecular flexibility index (Phi) is 5.62. The van der Waals surface area contributed by atoms with E-state index in [4.69, 9.17) is 4.74 Å². The van der Waals surface area contributed by atoms with Crippen molar-refractivity contribution >= 4 is 33.5 Å². The summed E-state index contributed by atoms with van der Waals surface area (Å²) in [6.45, 7) is 5.28. The average molecular weight is 392 g/mol. The molecule has 2 rings (SSSR count). The molecule has 2 aromatic carbocycles. The zero-order valence-electron chi connectivity index (χ0n) is 13.6. The summed E-state index contributed by atoms with van der Waals surface area (Å²) in [5.41, 5.74) is 2.60. The van der Waals surface area contributed by atoms with Gasteiger partial charge < -0.3 is 15.2 Å². The lowest BCUT2D eigenvalue weighted by Crippen LogP contribution is -2.30. The smallest absolute Gasteiger partial charge is 0.342 e. The molecule has 0 spiro atoms. The number of aryl methyl sites for hydroxylation is 2. The Morgan fingerprint density at radius 2 is 1.88 bits per heavy atom. The van der Waals surface area contributed by atoms with Gasteiger partial charge in [-0.3, -0.25) is 4.79 Å². The maximum Gasteiger partial charge on any atom is 0.342 e. The summed E-state index contributed by atoms with van der Waals surface area (Å²) < 4.78 is 5.77. The van der Waals surface area contributed by atoms with Crippen LogP contribution in [0.1, 0.15) is 28.4 Å². The van der Waals surface area contributed by atoms with E-state index in [0.717, 1.165) is 11.1 Å². The van der Waals surface area contributed by atoms with Crippen molar-refractivity contribution < 1.29 is 19.4 Å². The van der Waals surface area contributed by atoms with Gasteiger partial charge in [0.1, 0.15) is 11.3 Å². The van der Waals surface area contributed by atoms with Crippen LogP contribution in [0, 0.1) is 13.8 Å². The molecule has 0 fully saturated rings. The van der Waals surface area contributed by atoms with Gasteiger partial charge in [0.25, 0.3) is 5.91 Å². The first-order valence-electron chi connectivity index (χ1n) is 7.35. The molecule has 0 saturated heterocycles. The van der Waals surface area contributed by atoms with E-state index in [1.165, 1.54) is 19.1 Å². The van der Waals surface area contributed by atoms with E-state index in [1.54, 1.807) is 6.07 Å². The summed E-state index contributed by atoms with van der Waals surface area (Å²) >= 11 is 3.22. The number of anilines is 1. The number of hydrogen-bond acceptors (Lipinski definition) is 4. The first kappa shape index (κ1) is 18.0. The van der Waals surface area contributed by atoms with Crippen molar-refractivity contribution in [2.24, 2.45) is 0 Å². The van der Waals surface area contributed by atoms with E-state index in [9.17, 15) is 14.7 Å². The monoisotopic (exact) mass is 391 g/mol. The number of ether oxygens (including phenoxy) is 1. The number of carbonyl (C=O) groups excluding carboxylic acids is 2. The van der Waals surface area contributed by atoms with E-state index in [-0.39, 0.29) is 11.3 Å². The van der Waals surface area contributed by atoms with E-state index in [2.05, 4.69) is 21.2 Å². The van der Waals surface area contributed by atoms with Crippen molar-refractivity contribution in [2.45, 2.75) is 26.9 Å². The second-order valence-electron chi connectivity index (χ2n) is 5.52. The third kappa shape index (κ3) is 4.35. The number of phenols is 1. The first-order chi connectivity index (χ1) is 11.3. The fourth-order valence-corrected chi connectivity index (χ4v) is 2.42. The number of nitrogens with one attached hydrogen (secondary N) is 1. The van der Waals surface area contributed by atoms with Crippen molar-refractivity contribution in [3.63, 3.8) is 0 Å². The molecule has 0 saturated carbocycles. The molecular weight excluding hydrogens is 374 g/mol. The molecule has 6 heteroatoms. The molecule has 0 radical (unpaired) electrons. The van der Waals surface area contributed by atoms with Gasteiger partial charge in [0, 0.05) is 10.2 Å². The highest BCUT2D eigenvalue weighted by Gasteiger charge is 2.21. The second kappa shape index (κ2) is 7.49. The Balaban J connectivity index is 2.07. The average Bonchev–Trinajstić information content (AvgIpc) is 2.53. The van der Waals surface area contributed by atoms with Crippen LogP contribution in [0.3, 0.4) is 0 Å². The number of esters is 1. The minimum Gasteiger partial charge on any atom is -0.507 e. The van der Waals surface area contributed by atoms with Crippen LogP contribution >= 0.6 is 15.9 Å². The quantitative estimate of drug-likeness (QED) is 0.773. The molecule has 126 valence electrons. The van der Waals surface area contributed by atoms with Gasteiger partial charge in [-0.05, 0) is 56.2 Å². The summed E-state index contributed by atoms with van der Waals surface area (Å²) in [4.78, 5) is 24.4. The number of benzene rings is 2. The Morgan fingerprint density at radius 1 is 1.17 bits per heavy atom. The minimum atomic E-state index is -1.00. The zero-order chi connectivity index (χ0) is 17.9. The lowest BCUT2D eigenvalue weighted by molar-refractivity contribution is -0.123.